The standard InChI is InChI=1S/C15H23NO3/c1-3-14(4-2)16(10-11-17)15(18)19-12-13-8-6-5-7-9-13/h5-9,14,17H,3-4,10-12H2,1-2H3. The molecule has 0 saturated carbocycles. The van der Waals surface area contributed by atoms with Gasteiger partial charge in [0.2, 0.25) is 0 Å². The van der Waals surface area contributed by atoms with Crippen LogP contribution in [0.5, 0.6) is 0 Å². The second kappa shape index (κ2) is 8.53. The van der Waals surface area contributed by atoms with Crippen molar-refractivity contribution < 1.29 is 14.6 Å². The van der Waals surface area contributed by atoms with Crippen LogP contribution in [0, 0.1) is 0 Å². The van der Waals surface area contributed by atoms with Crippen molar-refractivity contribution >= 4 is 6.09 Å². The zero-order valence-corrected chi connectivity index (χ0v) is 11.7. The normalized spacial score (nSPS) is 10.5. The summed E-state index contributed by atoms with van der Waals surface area (Å²) in [6.07, 6.45) is 1.36. The fourth-order valence-corrected chi connectivity index (χ4v) is 2.06. The van der Waals surface area contributed by atoms with E-state index in [1.54, 1.807) is 4.90 Å². The molecule has 1 rings (SSSR count). The molecule has 0 saturated heterocycles. The molecule has 0 aliphatic heterocycles. The monoisotopic (exact) mass is 265 g/mol. The highest BCUT2D eigenvalue weighted by atomic mass is 16.6. The Morgan fingerprint density at radius 1 is 1.26 bits per heavy atom. The first kappa shape index (κ1) is 15.5. The van der Waals surface area contributed by atoms with Gasteiger partial charge in [0, 0.05) is 12.6 Å². The molecule has 1 aromatic carbocycles. The van der Waals surface area contributed by atoms with Crippen LogP contribution in [0.4, 0.5) is 4.79 Å². The molecule has 19 heavy (non-hydrogen) atoms. The Balaban J connectivity index is 2.57. The van der Waals surface area contributed by atoms with Gasteiger partial charge >= 0.3 is 6.09 Å². The van der Waals surface area contributed by atoms with Crippen LogP contribution in [0.15, 0.2) is 30.3 Å². The summed E-state index contributed by atoms with van der Waals surface area (Å²) in [6, 6.07) is 9.70. The molecule has 0 aromatic heterocycles. The maximum absolute atomic E-state index is 12.1. The number of carbonyl (C=O) groups is 1. The second-order valence-corrected chi connectivity index (χ2v) is 4.43. The summed E-state index contributed by atoms with van der Waals surface area (Å²) in [5.74, 6) is 0. The van der Waals surface area contributed by atoms with Crippen molar-refractivity contribution in [1.82, 2.24) is 4.90 Å². The largest absolute Gasteiger partial charge is 0.445 e. The van der Waals surface area contributed by atoms with Gasteiger partial charge in [-0.05, 0) is 18.4 Å². The topological polar surface area (TPSA) is 49.8 Å². The smallest absolute Gasteiger partial charge is 0.410 e. The van der Waals surface area contributed by atoms with Gasteiger partial charge < -0.3 is 14.7 Å². The van der Waals surface area contributed by atoms with E-state index < -0.39 is 0 Å². The Morgan fingerprint density at radius 2 is 1.89 bits per heavy atom. The molecular formula is C15H23NO3. The third-order valence-corrected chi connectivity index (χ3v) is 3.16. The zero-order chi connectivity index (χ0) is 14.1. The van der Waals surface area contributed by atoms with Crippen LogP contribution in [-0.2, 0) is 11.3 Å². The maximum atomic E-state index is 12.1. The predicted molar refractivity (Wildman–Crippen MR) is 74.8 cm³/mol. The van der Waals surface area contributed by atoms with Crippen LogP contribution in [0.3, 0.4) is 0 Å². The number of nitrogens with zero attached hydrogens (tertiary/aromatic N) is 1. The molecule has 0 radical (unpaired) electrons. The van der Waals surface area contributed by atoms with Crippen molar-refractivity contribution in [2.75, 3.05) is 13.2 Å². The number of rotatable bonds is 7. The van der Waals surface area contributed by atoms with E-state index >= 15 is 0 Å². The Bertz CT molecular complexity index is 363. The third kappa shape index (κ3) is 4.91. The summed E-state index contributed by atoms with van der Waals surface area (Å²) >= 11 is 0. The molecule has 1 amide bonds. The molecule has 1 aromatic rings. The van der Waals surface area contributed by atoms with E-state index in [1.165, 1.54) is 0 Å². The third-order valence-electron chi connectivity index (χ3n) is 3.16. The van der Waals surface area contributed by atoms with Crippen LogP contribution in [-0.4, -0.2) is 35.3 Å². The summed E-state index contributed by atoms with van der Waals surface area (Å²) < 4.78 is 5.30. The number of aliphatic hydroxyl groups is 1. The molecule has 0 fully saturated rings. The minimum Gasteiger partial charge on any atom is -0.445 e. The first-order valence-electron chi connectivity index (χ1n) is 6.81. The van der Waals surface area contributed by atoms with Crippen molar-refractivity contribution in [3.05, 3.63) is 35.9 Å². The van der Waals surface area contributed by atoms with E-state index in [9.17, 15) is 4.79 Å². The minimum absolute atomic E-state index is 0.0447. The average Bonchev–Trinajstić information content (AvgIpc) is 2.46. The lowest BCUT2D eigenvalue weighted by molar-refractivity contribution is 0.0696. The van der Waals surface area contributed by atoms with E-state index in [0.717, 1.165) is 18.4 Å². The molecule has 1 N–H and O–H groups in total. The molecule has 4 heteroatoms. The molecule has 0 bridgehead atoms. The van der Waals surface area contributed by atoms with E-state index in [-0.39, 0.29) is 25.3 Å². The van der Waals surface area contributed by atoms with Crippen molar-refractivity contribution in [2.45, 2.75) is 39.3 Å². The van der Waals surface area contributed by atoms with Gasteiger partial charge in [0.1, 0.15) is 6.61 Å². The lowest BCUT2D eigenvalue weighted by atomic mass is 10.1. The van der Waals surface area contributed by atoms with Gasteiger partial charge in [0.05, 0.1) is 6.61 Å². The molecule has 0 aliphatic rings. The number of benzene rings is 1. The van der Waals surface area contributed by atoms with Gasteiger partial charge in [-0.25, -0.2) is 4.79 Å². The van der Waals surface area contributed by atoms with Crippen LogP contribution in [0.25, 0.3) is 0 Å². The summed E-state index contributed by atoms with van der Waals surface area (Å²) in [5, 5.41) is 9.06. The van der Waals surface area contributed by atoms with Crippen LogP contribution in [0.2, 0.25) is 0 Å². The number of hydrogen-bond donors (Lipinski definition) is 1. The van der Waals surface area contributed by atoms with Gasteiger partial charge in [-0.1, -0.05) is 44.2 Å². The van der Waals surface area contributed by atoms with Crippen molar-refractivity contribution in [3.8, 4) is 0 Å². The van der Waals surface area contributed by atoms with Crippen LogP contribution < -0.4 is 0 Å². The van der Waals surface area contributed by atoms with Crippen molar-refractivity contribution in [3.63, 3.8) is 0 Å². The van der Waals surface area contributed by atoms with Gasteiger partial charge in [-0.2, -0.15) is 0 Å². The van der Waals surface area contributed by atoms with E-state index in [1.807, 2.05) is 44.2 Å². The number of ether oxygens (including phenoxy) is 1. The quantitative estimate of drug-likeness (QED) is 0.824. The van der Waals surface area contributed by atoms with Crippen molar-refractivity contribution in [1.29, 1.82) is 0 Å². The lowest BCUT2D eigenvalue weighted by Crippen LogP contribution is -2.41. The van der Waals surface area contributed by atoms with Gasteiger partial charge in [0.15, 0.2) is 0 Å². The first-order valence-corrected chi connectivity index (χ1v) is 6.81. The highest BCUT2D eigenvalue weighted by molar-refractivity contribution is 5.68. The van der Waals surface area contributed by atoms with E-state index in [2.05, 4.69) is 0 Å². The maximum Gasteiger partial charge on any atom is 0.410 e. The highest BCUT2D eigenvalue weighted by Crippen LogP contribution is 2.11. The van der Waals surface area contributed by atoms with E-state index in [4.69, 9.17) is 9.84 Å². The molecule has 0 atom stereocenters. The molecule has 0 spiro atoms. The number of hydrogen-bond acceptors (Lipinski definition) is 3. The molecular weight excluding hydrogens is 242 g/mol. The average molecular weight is 265 g/mol. The predicted octanol–water partition coefficient (Wildman–Crippen LogP) is 2.81. The van der Waals surface area contributed by atoms with Gasteiger partial charge in [-0.15, -0.1) is 0 Å². The summed E-state index contributed by atoms with van der Waals surface area (Å²) in [7, 11) is 0. The van der Waals surface area contributed by atoms with Gasteiger partial charge in [0.25, 0.3) is 0 Å². The van der Waals surface area contributed by atoms with Crippen molar-refractivity contribution in [2.24, 2.45) is 0 Å². The summed E-state index contributed by atoms with van der Waals surface area (Å²) in [4.78, 5) is 13.7. The number of amides is 1. The first-order chi connectivity index (χ1) is 9.22. The van der Waals surface area contributed by atoms with Crippen LogP contribution in [0.1, 0.15) is 32.3 Å². The fourth-order valence-electron chi connectivity index (χ4n) is 2.06. The minimum atomic E-state index is -0.355. The molecule has 0 heterocycles. The van der Waals surface area contributed by atoms with E-state index in [0.29, 0.717) is 6.54 Å². The second-order valence-electron chi connectivity index (χ2n) is 4.43. The zero-order valence-electron chi connectivity index (χ0n) is 11.7. The highest BCUT2D eigenvalue weighted by Gasteiger charge is 2.21. The molecule has 0 unspecified atom stereocenters. The SMILES string of the molecule is CCC(CC)N(CCO)C(=O)OCc1ccccc1. The van der Waals surface area contributed by atoms with Crippen LogP contribution >= 0.6 is 0 Å². The summed E-state index contributed by atoms with van der Waals surface area (Å²) in [6.45, 7) is 4.60. The fraction of sp³-hybridized carbons (Fsp3) is 0.533. The Hall–Kier alpha value is -1.55. The Morgan fingerprint density at radius 3 is 2.42 bits per heavy atom. The molecule has 0 aliphatic carbocycles. The van der Waals surface area contributed by atoms with Gasteiger partial charge in [-0.3, -0.25) is 0 Å². The Labute approximate surface area is 115 Å². The Kier molecular flexibility index (Phi) is 6.97. The molecule has 106 valence electrons. The number of carbonyl (C=O) groups excluding carboxylic acids is 1. The summed E-state index contributed by atoms with van der Waals surface area (Å²) in [5.41, 5.74) is 0.962. The lowest BCUT2D eigenvalue weighted by Gasteiger charge is -2.29. The number of aliphatic hydroxyl groups excluding tert-OH is 1. The molecule has 4 nitrogen and oxygen atoms in total.